The average Bonchev–Trinajstić information content (AvgIpc) is 3.38. The molecule has 0 amide bonds. The van der Waals surface area contributed by atoms with Crippen LogP contribution in [0.15, 0.2) is 35.9 Å². The van der Waals surface area contributed by atoms with E-state index in [0.717, 1.165) is 28.1 Å². The van der Waals surface area contributed by atoms with Crippen molar-refractivity contribution in [1.82, 2.24) is 4.57 Å². The lowest BCUT2D eigenvalue weighted by Crippen LogP contribution is -2.07. The van der Waals surface area contributed by atoms with Crippen molar-refractivity contribution in [3.63, 3.8) is 0 Å². The number of aromatic nitrogens is 1. The minimum absolute atomic E-state index is 0.0307. The lowest BCUT2D eigenvalue weighted by Gasteiger charge is -2.07. The lowest BCUT2D eigenvalue weighted by molar-refractivity contribution is -0.139. The second kappa shape index (κ2) is 6.98. The number of nitrogens with zero attached hydrogens (tertiary/aromatic N) is 2. The molecule has 128 valence electrons. The number of hydrogen-bond acceptors (Lipinski definition) is 3. The molecular formula is C21H22N2O2. The van der Waals surface area contributed by atoms with E-state index in [-0.39, 0.29) is 12.2 Å². The van der Waals surface area contributed by atoms with Crippen molar-refractivity contribution in [3.05, 3.63) is 64.0 Å². The zero-order valence-electron chi connectivity index (χ0n) is 14.9. The summed E-state index contributed by atoms with van der Waals surface area (Å²) in [6.45, 7) is 6.26. The molecule has 1 fully saturated rings. The van der Waals surface area contributed by atoms with E-state index < -0.39 is 5.97 Å². The van der Waals surface area contributed by atoms with Gasteiger partial charge in [-0.1, -0.05) is 29.8 Å². The van der Waals surface area contributed by atoms with Gasteiger partial charge in [0.25, 0.3) is 0 Å². The van der Waals surface area contributed by atoms with Crippen LogP contribution in [0.1, 0.15) is 47.0 Å². The first kappa shape index (κ1) is 17.0. The van der Waals surface area contributed by atoms with E-state index in [1.165, 1.54) is 12.8 Å². The number of carbonyl (C=O) groups is 1. The lowest BCUT2D eigenvalue weighted by atomic mass is 10.1. The summed E-state index contributed by atoms with van der Waals surface area (Å²) < 4.78 is 7.58. The summed E-state index contributed by atoms with van der Waals surface area (Å²) in [6.07, 6.45) is 4.03. The van der Waals surface area contributed by atoms with Gasteiger partial charge in [0, 0.05) is 17.4 Å². The van der Waals surface area contributed by atoms with Crippen LogP contribution in [0.2, 0.25) is 0 Å². The zero-order valence-corrected chi connectivity index (χ0v) is 14.9. The van der Waals surface area contributed by atoms with Crippen LogP contribution in [0.4, 0.5) is 0 Å². The SMILES string of the molecule is Cc1ccc(COC(=O)/C(C#N)=C/c2cc(C)n(C3CC3)c2C)cc1. The van der Waals surface area contributed by atoms with Crippen molar-refractivity contribution in [2.75, 3.05) is 0 Å². The summed E-state index contributed by atoms with van der Waals surface area (Å²) in [5.74, 6) is -0.584. The monoisotopic (exact) mass is 334 g/mol. The molecule has 0 N–H and O–H groups in total. The summed E-state index contributed by atoms with van der Waals surface area (Å²) in [7, 11) is 0. The molecule has 0 aliphatic heterocycles. The van der Waals surface area contributed by atoms with Gasteiger partial charge in [0.2, 0.25) is 0 Å². The van der Waals surface area contributed by atoms with Gasteiger partial charge in [-0.2, -0.15) is 5.26 Å². The smallest absolute Gasteiger partial charge is 0.349 e. The maximum absolute atomic E-state index is 12.2. The molecule has 25 heavy (non-hydrogen) atoms. The molecule has 4 heteroatoms. The van der Waals surface area contributed by atoms with Gasteiger partial charge in [-0.05, 0) is 56.9 Å². The van der Waals surface area contributed by atoms with E-state index in [1.807, 2.05) is 50.2 Å². The maximum atomic E-state index is 12.2. The van der Waals surface area contributed by atoms with Gasteiger partial charge >= 0.3 is 5.97 Å². The predicted molar refractivity (Wildman–Crippen MR) is 96.7 cm³/mol. The average molecular weight is 334 g/mol. The third kappa shape index (κ3) is 3.83. The number of ether oxygens (including phenoxy) is 1. The number of aryl methyl sites for hydroxylation is 2. The van der Waals surface area contributed by atoms with Gasteiger partial charge in [-0.3, -0.25) is 0 Å². The molecule has 0 radical (unpaired) electrons. The molecule has 0 atom stereocenters. The largest absolute Gasteiger partial charge is 0.457 e. The number of carbonyl (C=O) groups excluding carboxylic acids is 1. The minimum atomic E-state index is -0.584. The fourth-order valence-electron chi connectivity index (χ4n) is 3.05. The van der Waals surface area contributed by atoms with E-state index in [0.29, 0.717) is 6.04 Å². The molecule has 1 aromatic carbocycles. The molecule has 3 rings (SSSR count). The molecule has 1 aliphatic rings. The quantitative estimate of drug-likeness (QED) is 0.463. The Morgan fingerprint density at radius 1 is 1.28 bits per heavy atom. The molecule has 2 aromatic rings. The first-order valence-corrected chi connectivity index (χ1v) is 8.52. The fourth-order valence-corrected chi connectivity index (χ4v) is 3.05. The number of nitriles is 1. The maximum Gasteiger partial charge on any atom is 0.349 e. The third-order valence-corrected chi connectivity index (χ3v) is 4.57. The molecule has 1 aromatic heterocycles. The van der Waals surface area contributed by atoms with E-state index >= 15 is 0 Å². The fraction of sp³-hybridized carbons (Fsp3) is 0.333. The highest BCUT2D eigenvalue weighted by atomic mass is 16.5. The topological polar surface area (TPSA) is 55.0 Å². The van der Waals surface area contributed by atoms with Gasteiger partial charge in [-0.15, -0.1) is 0 Å². The van der Waals surface area contributed by atoms with Crippen LogP contribution >= 0.6 is 0 Å². The molecule has 0 bridgehead atoms. The number of hydrogen-bond donors (Lipinski definition) is 0. The summed E-state index contributed by atoms with van der Waals surface area (Å²) in [6, 6.07) is 12.3. The summed E-state index contributed by atoms with van der Waals surface area (Å²) in [4.78, 5) is 12.2. The Kier molecular flexibility index (Phi) is 4.76. The Morgan fingerprint density at radius 3 is 2.56 bits per heavy atom. The van der Waals surface area contributed by atoms with Crippen LogP contribution in [-0.4, -0.2) is 10.5 Å². The van der Waals surface area contributed by atoms with E-state index in [2.05, 4.69) is 11.5 Å². The van der Waals surface area contributed by atoms with Crippen LogP contribution in [-0.2, 0) is 16.1 Å². The number of rotatable bonds is 5. The Bertz CT molecular complexity index is 863. The van der Waals surface area contributed by atoms with Gasteiger partial charge in [0.05, 0.1) is 0 Å². The summed E-state index contributed by atoms with van der Waals surface area (Å²) >= 11 is 0. The van der Waals surface area contributed by atoms with Gasteiger partial charge in [0.1, 0.15) is 18.2 Å². The molecule has 1 aliphatic carbocycles. The molecule has 0 spiro atoms. The summed E-state index contributed by atoms with van der Waals surface area (Å²) in [5, 5.41) is 9.35. The Morgan fingerprint density at radius 2 is 1.96 bits per heavy atom. The van der Waals surface area contributed by atoms with Crippen molar-refractivity contribution < 1.29 is 9.53 Å². The Labute approximate surface area is 148 Å². The first-order valence-electron chi connectivity index (χ1n) is 8.52. The second-order valence-electron chi connectivity index (χ2n) is 6.66. The summed E-state index contributed by atoms with van der Waals surface area (Å²) in [5.41, 5.74) is 5.26. The van der Waals surface area contributed by atoms with Crippen molar-refractivity contribution >= 4 is 12.0 Å². The zero-order chi connectivity index (χ0) is 18.0. The van der Waals surface area contributed by atoms with Crippen LogP contribution in [0, 0.1) is 32.1 Å². The third-order valence-electron chi connectivity index (χ3n) is 4.57. The van der Waals surface area contributed by atoms with Crippen LogP contribution in [0.25, 0.3) is 6.08 Å². The number of esters is 1. The number of benzene rings is 1. The van der Waals surface area contributed by atoms with E-state index in [9.17, 15) is 10.1 Å². The highest BCUT2D eigenvalue weighted by molar-refractivity contribution is 5.98. The van der Waals surface area contributed by atoms with Crippen molar-refractivity contribution in [2.24, 2.45) is 0 Å². The molecule has 0 saturated heterocycles. The highest BCUT2D eigenvalue weighted by Gasteiger charge is 2.26. The Balaban J connectivity index is 1.74. The minimum Gasteiger partial charge on any atom is -0.457 e. The van der Waals surface area contributed by atoms with Crippen molar-refractivity contribution in [2.45, 2.75) is 46.3 Å². The predicted octanol–water partition coefficient (Wildman–Crippen LogP) is 4.40. The Hall–Kier alpha value is -2.80. The van der Waals surface area contributed by atoms with Crippen molar-refractivity contribution in [1.29, 1.82) is 5.26 Å². The first-order chi connectivity index (χ1) is 12.0. The molecule has 4 nitrogen and oxygen atoms in total. The molecular weight excluding hydrogens is 312 g/mol. The van der Waals surface area contributed by atoms with Gasteiger partial charge < -0.3 is 9.30 Å². The second-order valence-corrected chi connectivity index (χ2v) is 6.66. The van der Waals surface area contributed by atoms with Crippen LogP contribution in [0.5, 0.6) is 0 Å². The van der Waals surface area contributed by atoms with Crippen LogP contribution < -0.4 is 0 Å². The van der Waals surface area contributed by atoms with E-state index in [1.54, 1.807) is 6.08 Å². The van der Waals surface area contributed by atoms with Crippen LogP contribution in [0.3, 0.4) is 0 Å². The van der Waals surface area contributed by atoms with Gasteiger partial charge in [0.15, 0.2) is 0 Å². The highest BCUT2D eigenvalue weighted by Crippen LogP contribution is 2.38. The van der Waals surface area contributed by atoms with Crippen molar-refractivity contribution in [3.8, 4) is 6.07 Å². The molecule has 1 heterocycles. The molecule has 1 saturated carbocycles. The standard InChI is InChI=1S/C21H22N2O2/c1-14-4-6-17(7-5-14)13-25-21(24)19(12-22)11-18-10-15(2)23(16(18)3)20-8-9-20/h4-7,10-11,20H,8-9,13H2,1-3H3/b19-11+. The molecule has 0 unspecified atom stereocenters. The van der Waals surface area contributed by atoms with Gasteiger partial charge in [-0.25, -0.2) is 4.79 Å². The normalized spacial score (nSPS) is 14.2. The van der Waals surface area contributed by atoms with E-state index in [4.69, 9.17) is 4.74 Å².